The van der Waals surface area contributed by atoms with Crippen molar-refractivity contribution < 1.29 is 4.84 Å². The lowest BCUT2D eigenvalue weighted by Gasteiger charge is -2.25. The van der Waals surface area contributed by atoms with E-state index in [4.69, 9.17) is 4.84 Å². The predicted octanol–water partition coefficient (Wildman–Crippen LogP) is 5.13. The van der Waals surface area contributed by atoms with Crippen molar-refractivity contribution in [1.82, 2.24) is 0 Å². The minimum atomic E-state index is 0.852. The summed E-state index contributed by atoms with van der Waals surface area (Å²) in [4.78, 5) is 6.15. The number of rotatable bonds is 4. The molecule has 0 heterocycles. The third-order valence-electron chi connectivity index (χ3n) is 3.26. The number of para-hydroxylation sites is 3. The topological polar surface area (TPSA) is 12.5 Å². The highest BCUT2D eigenvalue weighted by Crippen LogP contribution is 2.28. The summed E-state index contributed by atoms with van der Waals surface area (Å²) in [5.74, 6) is 0.852. The van der Waals surface area contributed by atoms with Gasteiger partial charge in [-0.2, -0.15) is 5.06 Å². The van der Waals surface area contributed by atoms with Gasteiger partial charge in [0.2, 0.25) is 0 Å². The fourth-order valence-corrected chi connectivity index (χ4v) is 2.14. The third-order valence-corrected chi connectivity index (χ3v) is 3.26. The Labute approximate surface area is 125 Å². The van der Waals surface area contributed by atoms with Crippen LogP contribution in [0.3, 0.4) is 0 Å². The van der Waals surface area contributed by atoms with Crippen LogP contribution in [0.15, 0.2) is 84.9 Å². The first kappa shape index (κ1) is 13.3. The van der Waals surface area contributed by atoms with Crippen LogP contribution in [0.1, 0.15) is 5.56 Å². The van der Waals surface area contributed by atoms with Crippen LogP contribution in [0.25, 0.3) is 0 Å². The molecule has 3 aromatic rings. The standard InChI is InChI=1S/C19H17NO/c1-16-10-8-9-15-19(16)21-20(17-11-4-2-5-12-17)18-13-6-3-7-14-18/h2-15H,1H3. The Kier molecular flexibility index (Phi) is 3.88. The number of benzene rings is 3. The lowest BCUT2D eigenvalue weighted by Crippen LogP contribution is -2.21. The molecule has 2 heteroatoms. The van der Waals surface area contributed by atoms with Crippen LogP contribution in [-0.4, -0.2) is 0 Å². The van der Waals surface area contributed by atoms with Crippen LogP contribution in [0, 0.1) is 6.92 Å². The Morgan fingerprint density at radius 2 is 1.10 bits per heavy atom. The molecule has 0 aromatic heterocycles. The van der Waals surface area contributed by atoms with Gasteiger partial charge in [0.25, 0.3) is 0 Å². The average Bonchev–Trinajstić information content (AvgIpc) is 2.56. The largest absolute Gasteiger partial charge is 0.374 e. The first-order chi connectivity index (χ1) is 10.3. The summed E-state index contributed by atoms with van der Waals surface area (Å²) in [5.41, 5.74) is 3.09. The molecular formula is C19H17NO. The van der Waals surface area contributed by atoms with Gasteiger partial charge in [-0.25, -0.2) is 0 Å². The zero-order valence-electron chi connectivity index (χ0n) is 11.9. The Hall–Kier alpha value is -2.74. The second kappa shape index (κ2) is 6.14. The maximum atomic E-state index is 6.15. The molecule has 0 saturated carbocycles. The molecule has 0 fully saturated rings. The van der Waals surface area contributed by atoms with Crippen LogP contribution in [0.5, 0.6) is 5.75 Å². The first-order valence-electron chi connectivity index (χ1n) is 6.98. The van der Waals surface area contributed by atoms with E-state index in [1.165, 1.54) is 0 Å². The van der Waals surface area contributed by atoms with Gasteiger partial charge in [0.05, 0.1) is 11.4 Å². The zero-order valence-corrected chi connectivity index (χ0v) is 11.9. The zero-order chi connectivity index (χ0) is 14.5. The molecule has 0 aliphatic rings. The SMILES string of the molecule is Cc1ccccc1ON(c1ccccc1)c1ccccc1. The normalized spacial score (nSPS) is 10.1. The number of hydrogen-bond acceptors (Lipinski definition) is 2. The number of hydrogen-bond donors (Lipinski definition) is 0. The average molecular weight is 275 g/mol. The Bertz CT molecular complexity index is 656. The fraction of sp³-hybridized carbons (Fsp3) is 0.0526. The van der Waals surface area contributed by atoms with E-state index in [0.717, 1.165) is 22.7 Å². The van der Waals surface area contributed by atoms with E-state index in [2.05, 4.69) is 0 Å². The molecule has 0 radical (unpaired) electrons. The van der Waals surface area contributed by atoms with Crippen LogP contribution in [-0.2, 0) is 0 Å². The highest BCUT2D eigenvalue weighted by Gasteiger charge is 2.12. The van der Waals surface area contributed by atoms with Gasteiger partial charge in [-0.15, -0.1) is 0 Å². The Morgan fingerprint density at radius 1 is 0.619 bits per heavy atom. The van der Waals surface area contributed by atoms with Crippen molar-refractivity contribution in [2.75, 3.05) is 5.06 Å². The van der Waals surface area contributed by atoms with Crippen molar-refractivity contribution in [3.63, 3.8) is 0 Å². The van der Waals surface area contributed by atoms with E-state index in [9.17, 15) is 0 Å². The monoisotopic (exact) mass is 275 g/mol. The Morgan fingerprint density at radius 3 is 1.62 bits per heavy atom. The van der Waals surface area contributed by atoms with Gasteiger partial charge in [0, 0.05) is 0 Å². The molecule has 3 aromatic carbocycles. The van der Waals surface area contributed by atoms with Crippen molar-refractivity contribution >= 4 is 11.4 Å². The molecular weight excluding hydrogens is 258 g/mol. The van der Waals surface area contributed by atoms with Crippen LogP contribution in [0.4, 0.5) is 11.4 Å². The first-order valence-corrected chi connectivity index (χ1v) is 6.98. The van der Waals surface area contributed by atoms with Gasteiger partial charge in [-0.05, 0) is 42.8 Å². The molecule has 0 spiro atoms. The van der Waals surface area contributed by atoms with Crippen molar-refractivity contribution in [3.8, 4) is 5.75 Å². The van der Waals surface area contributed by atoms with Gasteiger partial charge in [-0.1, -0.05) is 54.6 Å². The van der Waals surface area contributed by atoms with Crippen LogP contribution < -0.4 is 9.90 Å². The molecule has 0 atom stereocenters. The molecule has 0 bridgehead atoms. The van der Waals surface area contributed by atoms with E-state index >= 15 is 0 Å². The van der Waals surface area contributed by atoms with Gasteiger partial charge >= 0.3 is 0 Å². The smallest absolute Gasteiger partial charge is 0.158 e. The summed E-state index contributed by atoms with van der Waals surface area (Å²) < 4.78 is 0. The summed E-state index contributed by atoms with van der Waals surface area (Å²) in [6.07, 6.45) is 0. The highest BCUT2D eigenvalue weighted by atomic mass is 16.7. The fourth-order valence-electron chi connectivity index (χ4n) is 2.14. The minimum Gasteiger partial charge on any atom is -0.374 e. The second-order valence-corrected chi connectivity index (χ2v) is 4.82. The van der Waals surface area contributed by atoms with E-state index in [1.54, 1.807) is 0 Å². The predicted molar refractivity (Wildman–Crippen MR) is 86.8 cm³/mol. The van der Waals surface area contributed by atoms with Crippen molar-refractivity contribution in [2.24, 2.45) is 0 Å². The number of nitrogens with zero attached hydrogens (tertiary/aromatic N) is 1. The minimum absolute atomic E-state index is 0.852. The van der Waals surface area contributed by atoms with E-state index in [0.29, 0.717) is 0 Å². The summed E-state index contributed by atoms with van der Waals surface area (Å²) in [6.45, 7) is 2.05. The van der Waals surface area contributed by atoms with E-state index in [1.807, 2.05) is 96.9 Å². The molecule has 104 valence electrons. The number of aryl methyl sites for hydroxylation is 1. The quantitative estimate of drug-likeness (QED) is 0.612. The third kappa shape index (κ3) is 3.06. The van der Waals surface area contributed by atoms with Crippen molar-refractivity contribution in [2.45, 2.75) is 6.92 Å². The lowest BCUT2D eigenvalue weighted by atomic mass is 10.2. The van der Waals surface area contributed by atoms with Crippen molar-refractivity contribution in [3.05, 3.63) is 90.5 Å². The highest BCUT2D eigenvalue weighted by molar-refractivity contribution is 5.61. The van der Waals surface area contributed by atoms with Gasteiger partial charge in [0.1, 0.15) is 0 Å². The maximum absolute atomic E-state index is 6.15. The molecule has 0 aliphatic heterocycles. The lowest BCUT2D eigenvalue weighted by molar-refractivity contribution is 0.321. The maximum Gasteiger partial charge on any atom is 0.158 e. The molecule has 21 heavy (non-hydrogen) atoms. The molecule has 0 amide bonds. The molecule has 0 unspecified atom stereocenters. The van der Waals surface area contributed by atoms with Gasteiger partial charge < -0.3 is 4.84 Å². The van der Waals surface area contributed by atoms with Crippen LogP contribution >= 0.6 is 0 Å². The molecule has 0 aliphatic carbocycles. The summed E-state index contributed by atoms with van der Waals surface area (Å²) in [6, 6.07) is 28.2. The van der Waals surface area contributed by atoms with Crippen LogP contribution in [0.2, 0.25) is 0 Å². The van der Waals surface area contributed by atoms with E-state index < -0.39 is 0 Å². The molecule has 3 rings (SSSR count). The summed E-state index contributed by atoms with van der Waals surface area (Å²) in [7, 11) is 0. The second-order valence-electron chi connectivity index (χ2n) is 4.82. The number of anilines is 2. The summed E-state index contributed by atoms with van der Waals surface area (Å²) in [5, 5.41) is 1.85. The Balaban J connectivity index is 1.99. The van der Waals surface area contributed by atoms with Crippen molar-refractivity contribution in [1.29, 1.82) is 0 Å². The van der Waals surface area contributed by atoms with Gasteiger partial charge in [-0.3, -0.25) is 0 Å². The molecule has 0 N–H and O–H groups in total. The molecule has 2 nitrogen and oxygen atoms in total. The van der Waals surface area contributed by atoms with E-state index in [-0.39, 0.29) is 0 Å². The summed E-state index contributed by atoms with van der Waals surface area (Å²) >= 11 is 0. The van der Waals surface area contributed by atoms with Gasteiger partial charge in [0.15, 0.2) is 5.75 Å². The molecule has 0 saturated heterocycles.